The number of rotatable bonds is 0. The molecule has 1 fully saturated rings. The van der Waals surface area contributed by atoms with E-state index in [0.29, 0.717) is 19.0 Å². The smallest absolute Gasteiger partial charge is 0.114 e. The van der Waals surface area contributed by atoms with Crippen molar-refractivity contribution in [2.24, 2.45) is 0 Å². The van der Waals surface area contributed by atoms with Crippen molar-refractivity contribution < 1.29 is 4.39 Å². The van der Waals surface area contributed by atoms with Crippen molar-refractivity contribution in [3.63, 3.8) is 0 Å². The molecule has 0 bridgehead atoms. The number of alkyl halides is 1. The summed E-state index contributed by atoms with van der Waals surface area (Å²) in [7, 11) is 0. The van der Waals surface area contributed by atoms with Gasteiger partial charge < -0.3 is 5.32 Å². The molecule has 1 rings (SSSR count). The van der Waals surface area contributed by atoms with Crippen LogP contribution in [0.3, 0.4) is 0 Å². The van der Waals surface area contributed by atoms with E-state index in [1.165, 1.54) is 0 Å². The van der Waals surface area contributed by atoms with Gasteiger partial charge in [-0.1, -0.05) is 0 Å². The van der Waals surface area contributed by atoms with E-state index >= 15 is 0 Å². The second-order valence-corrected chi connectivity index (χ2v) is 2.14. The van der Waals surface area contributed by atoms with Crippen molar-refractivity contribution in [3.05, 3.63) is 0 Å². The first-order chi connectivity index (χ1) is 3.29. The van der Waals surface area contributed by atoms with Crippen LogP contribution in [0.4, 0.5) is 4.39 Å². The molecule has 0 spiro atoms. The van der Waals surface area contributed by atoms with Gasteiger partial charge in [-0.05, 0) is 13.3 Å². The number of hydrogen-bond donors (Lipinski definition) is 1. The molecular formula is C5H11ClFN. The second-order valence-electron chi connectivity index (χ2n) is 2.14. The molecule has 1 heterocycles. The molecule has 1 nitrogen and oxygen atoms in total. The topological polar surface area (TPSA) is 12.0 Å². The Morgan fingerprint density at radius 1 is 1.62 bits per heavy atom. The third-order valence-corrected chi connectivity index (χ3v) is 1.30. The molecule has 0 aromatic carbocycles. The Labute approximate surface area is 55.1 Å². The van der Waals surface area contributed by atoms with Crippen LogP contribution < -0.4 is 5.32 Å². The Morgan fingerprint density at radius 2 is 2.25 bits per heavy atom. The highest BCUT2D eigenvalue weighted by atomic mass is 35.5. The van der Waals surface area contributed by atoms with Crippen LogP contribution in [0.5, 0.6) is 0 Å². The zero-order valence-corrected chi connectivity index (χ0v) is 5.67. The fraction of sp³-hybridized carbons (Fsp3) is 1.00. The van der Waals surface area contributed by atoms with Crippen molar-refractivity contribution in [2.75, 3.05) is 6.54 Å². The minimum Gasteiger partial charge on any atom is -0.311 e. The minimum atomic E-state index is -0.588. The van der Waals surface area contributed by atoms with Crippen LogP contribution in [0, 0.1) is 0 Å². The summed E-state index contributed by atoms with van der Waals surface area (Å²) in [5.41, 5.74) is 0. The first-order valence-electron chi connectivity index (χ1n) is 2.66. The molecule has 0 aliphatic carbocycles. The van der Waals surface area contributed by atoms with Crippen molar-refractivity contribution in [2.45, 2.75) is 25.6 Å². The van der Waals surface area contributed by atoms with E-state index in [1.54, 1.807) is 0 Å². The van der Waals surface area contributed by atoms with Gasteiger partial charge in [0.15, 0.2) is 0 Å². The van der Waals surface area contributed by atoms with Crippen LogP contribution in [-0.2, 0) is 0 Å². The van der Waals surface area contributed by atoms with Gasteiger partial charge in [-0.2, -0.15) is 0 Å². The largest absolute Gasteiger partial charge is 0.311 e. The molecule has 0 aromatic heterocycles. The summed E-state index contributed by atoms with van der Waals surface area (Å²) in [4.78, 5) is 0. The number of nitrogens with one attached hydrogen (secondary N) is 1. The van der Waals surface area contributed by atoms with Gasteiger partial charge in [0.1, 0.15) is 6.17 Å². The van der Waals surface area contributed by atoms with Gasteiger partial charge in [-0.3, -0.25) is 0 Å². The molecule has 1 saturated heterocycles. The van der Waals surface area contributed by atoms with Crippen LogP contribution in [0.1, 0.15) is 13.3 Å². The Bertz CT molecular complexity index is 61.4. The predicted octanol–water partition coefficient (Wildman–Crippen LogP) is 1.13. The van der Waals surface area contributed by atoms with E-state index in [9.17, 15) is 4.39 Å². The fourth-order valence-electron chi connectivity index (χ4n) is 0.879. The molecule has 0 saturated carbocycles. The molecule has 2 atom stereocenters. The van der Waals surface area contributed by atoms with E-state index in [-0.39, 0.29) is 12.4 Å². The van der Waals surface area contributed by atoms with E-state index in [4.69, 9.17) is 0 Å². The van der Waals surface area contributed by atoms with E-state index in [2.05, 4.69) is 5.32 Å². The van der Waals surface area contributed by atoms with Gasteiger partial charge in [0.05, 0.1) is 0 Å². The molecule has 50 valence electrons. The van der Waals surface area contributed by atoms with Gasteiger partial charge in [-0.15, -0.1) is 12.4 Å². The summed E-state index contributed by atoms with van der Waals surface area (Å²) in [6.07, 6.45) is 0.106. The summed E-state index contributed by atoms with van der Waals surface area (Å²) in [5.74, 6) is 0. The molecule has 1 N–H and O–H groups in total. The monoisotopic (exact) mass is 139 g/mol. The lowest BCUT2D eigenvalue weighted by molar-refractivity contribution is 0.357. The molecule has 1 unspecified atom stereocenters. The number of hydrogen-bond acceptors (Lipinski definition) is 1. The quantitative estimate of drug-likeness (QED) is 0.531. The van der Waals surface area contributed by atoms with Gasteiger partial charge in [0, 0.05) is 12.6 Å². The highest BCUT2D eigenvalue weighted by Crippen LogP contribution is 2.07. The van der Waals surface area contributed by atoms with Crippen molar-refractivity contribution in [1.29, 1.82) is 0 Å². The standard InChI is InChI=1S/C5H10FN.ClH/c1-4-2-5(6)3-7-4;/h4-5,7H,2-3H2,1H3;1H/t4-,5?;/m0./s1. The molecule has 3 heteroatoms. The third-order valence-electron chi connectivity index (χ3n) is 1.30. The summed E-state index contributed by atoms with van der Waals surface area (Å²) in [6, 6.07) is 0.398. The van der Waals surface area contributed by atoms with Gasteiger partial charge in [0.25, 0.3) is 0 Å². The first-order valence-corrected chi connectivity index (χ1v) is 2.66. The lowest BCUT2D eigenvalue weighted by Crippen LogP contribution is -2.16. The van der Waals surface area contributed by atoms with Crippen LogP contribution in [-0.4, -0.2) is 18.8 Å². The van der Waals surface area contributed by atoms with Gasteiger partial charge in [0.2, 0.25) is 0 Å². The summed E-state index contributed by atoms with van der Waals surface area (Å²) in [6.45, 7) is 2.56. The number of halogens is 2. The Balaban J connectivity index is 0.000000490. The van der Waals surface area contributed by atoms with Crippen molar-refractivity contribution >= 4 is 12.4 Å². The summed E-state index contributed by atoms with van der Waals surface area (Å²) >= 11 is 0. The maximum Gasteiger partial charge on any atom is 0.114 e. The molecular weight excluding hydrogens is 129 g/mol. The zero-order chi connectivity index (χ0) is 5.28. The van der Waals surface area contributed by atoms with Crippen LogP contribution in [0.15, 0.2) is 0 Å². The lowest BCUT2D eigenvalue weighted by atomic mass is 10.2. The highest BCUT2D eigenvalue weighted by molar-refractivity contribution is 5.85. The van der Waals surface area contributed by atoms with Gasteiger partial charge >= 0.3 is 0 Å². The van der Waals surface area contributed by atoms with E-state index in [0.717, 1.165) is 0 Å². The molecule has 0 amide bonds. The average molecular weight is 140 g/mol. The van der Waals surface area contributed by atoms with Gasteiger partial charge in [-0.25, -0.2) is 4.39 Å². The Kier molecular flexibility index (Phi) is 3.33. The zero-order valence-electron chi connectivity index (χ0n) is 4.86. The first kappa shape index (κ1) is 8.18. The van der Waals surface area contributed by atoms with Crippen LogP contribution in [0.25, 0.3) is 0 Å². The van der Waals surface area contributed by atoms with Crippen LogP contribution >= 0.6 is 12.4 Å². The third kappa shape index (κ3) is 1.97. The van der Waals surface area contributed by atoms with Crippen LogP contribution in [0.2, 0.25) is 0 Å². The average Bonchev–Trinajstić information content (AvgIpc) is 1.87. The molecule has 1 aliphatic rings. The minimum absolute atomic E-state index is 0. The predicted molar refractivity (Wildman–Crippen MR) is 34.2 cm³/mol. The van der Waals surface area contributed by atoms with Crippen molar-refractivity contribution in [1.82, 2.24) is 5.32 Å². The molecule has 1 aliphatic heterocycles. The van der Waals surface area contributed by atoms with E-state index in [1.807, 2.05) is 6.92 Å². The maximum absolute atomic E-state index is 12.1. The Hall–Kier alpha value is 0.180. The Morgan fingerprint density at radius 3 is 2.38 bits per heavy atom. The fourth-order valence-corrected chi connectivity index (χ4v) is 0.879. The molecule has 0 radical (unpaired) electrons. The second kappa shape index (κ2) is 3.25. The highest BCUT2D eigenvalue weighted by Gasteiger charge is 2.18. The lowest BCUT2D eigenvalue weighted by Gasteiger charge is -1.94. The van der Waals surface area contributed by atoms with Crippen molar-refractivity contribution in [3.8, 4) is 0 Å². The summed E-state index contributed by atoms with van der Waals surface area (Å²) in [5, 5.41) is 2.99. The maximum atomic E-state index is 12.1. The SMILES string of the molecule is C[C@H]1CC(F)CN1.Cl. The summed E-state index contributed by atoms with van der Waals surface area (Å²) < 4.78 is 12.1. The van der Waals surface area contributed by atoms with E-state index < -0.39 is 6.17 Å². The molecule has 0 aromatic rings. The molecule has 8 heavy (non-hydrogen) atoms. The normalized spacial score (nSPS) is 36.8.